The fraction of sp³-hybridized carbons (Fsp3) is 0.125. The lowest BCUT2D eigenvalue weighted by atomic mass is 10.1. The van der Waals surface area contributed by atoms with Crippen LogP contribution in [-0.2, 0) is 11.3 Å². The number of nitrogens with zero attached hydrogens (tertiary/aromatic N) is 1. The van der Waals surface area contributed by atoms with Crippen LogP contribution in [-0.4, -0.2) is 24.2 Å². The Morgan fingerprint density at radius 1 is 1.00 bits per heavy atom. The van der Waals surface area contributed by atoms with Gasteiger partial charge in [0.05, 0.1) is 5.56 Å². The molecule has 0 saturated carbocycles. The standard InChI is InChI=1S/C24H25N5O2/c1-16-6-5-7-17(12-16)14-28-22(30)15-29(19-8-3-2-4-9-19)24(31)20-13-18(23(26)27)10-11-21(20)25/h2-13H,14-15,25H2,1H3,(H3,26,27)(H,28,30). The number of para-hydroxylation sites is 1. The summed E-state index contributed by atoms with van der Waals surface area (Å²) in [6, 6.07) is 21.3. The number of hydrogen-bond donors (Lipinski definition) is 4. The van der Waals surface area contributed by atoms with Crippen molar-refractivity contribution in [1.29, 1.82) is 5.41 Å². The van der Waals surface area contributed by atoms with Crippen molar-refractivity contribution in [1.82, 2.24) is 5.32 Å². The molecule has 0 saturated heterocycles. The molecule has 7 heteroatoms. The van der Waals surface area contributed by atoms with Gasteiger partial charge in [-0.25, -0.2) is 0 Å². The van der Waals surface area contributed by atoms with Crippen molar-refractivity contribution in [2.24, 2.45) is 5.73 Å². The molecule has 3 aromatic carbocycles. The van der Waals surface area contributed by atoms with Crippen LogP contribution in [0.3, 0.4) is 0 Å². The lowest BCUT2D eigenvalue weighted by molar-refractivity contribution is -0.119. The van der Waals surface area contributed by atoms with E-state index in [2.05, 4.69) is 5.32 Å². The predicted octanol–water partition coefficient (Wildman–Crippen LogP) is 2.82. The topological polar surface area (TPSA) is 125 Å². The predicted molar refractivity (Wildman–Crippen MR) is 123 cm³/mol. The largest absolute Gasteiger partial charge is 0.398 e. The number of carbonyl (C=O) groups is 2. The van der Waals surface area contributed by atoms with E-state index >= 15 is 0 Å². The molecular weight excluding hydrogens is 390 g/mol. The maximum absolute atomic E-state index is 13.3. The summed E-state index contributed by atoms with van der Waals surface area (Å²) in [5.41, 5.74) is 15.0. The first-order chi connectivity index (χ1) is 14.8. The number of anilines is 2. The Bertz CT molecular complexity index is 1110. The van der Waals surface area contributed by atoms with Crippen molar-refractivity contribution in [3.8, 4) is 0 Å². The molecule has 0 aliphatic heterocycles. The Balaban J connectivity index is 1.84. The smallest absolute Gasteiger partial charge is 0.260 e. The lowest BCUT2D eigenvalue weighted by Gasteiger charge is -2.23. The van der Waals surface area contributed by atoms with Crippen molar-refractivity contribution >= 4 is 29.0 Å². The summed E-state index contributed by atoms with van der Waals surface area (Å²) < 4.78 is 0. The first-order valence-corrected chi connectivity index (χ1v) is 9.78. The molecule has 0 bridgehead atoms. The average molecular weight is 415 g/mol. The number of amidine groups is 1. The third-order valence-corrected chi connectivity index (χ3v) is 4.78. The molecule has 31 heavy (non-hydrogen) atoms. The first-order valence-electron chi connectivity index (χ1n) is 9.78. The highest BCUT2D eigenvalue weighted by Gasteiger charge is 2.23. The molecule has 6 N–H and O–H groups in total. The zero-order valence-electron chi connectivity index (χ0n) is 17.3. The Hall–Kier alpha value is -4.13. The van der Waals surface area contributed by atoms with Gasteiger partial charge in [0.15, 0.2) is 0 Å². The third kappa shape index (κ3) is 5.48. The molecule has 0 spiro atoms. The van der Waals surface area contributed by atoms with Crippen molar-refractivity contribution in [3.05, 3.63) is 95.1 Å². The second-order valence-corrected chi connectivity index (χ2v) is 7.21. The maximum atomic E-state index is 13.3. The molecule has 0 atom stereocenters. The third-order valence-electron chi connectivity index (χ3n) is 4.78. The number of nitrogens with two attached hydrogens (primary N) is 2. The summed E-state index contributed by atoms with van der Waals surface area (Å²) in [5, 5.41) is 10.5. The van der Waals surface area contributed by atoms with Gasteiger partial charge in [-0.1, -0.05) is 48.0 Å². The molecule has 7 nitrogen and oxygen atoms in total. The van der Waals surface area contributed by atoms with Crippen LogP contribution < -0.4 is 21.7 Å². The molecule has 0 radical (unpaired) electrons. The number of amides is 2. The first kappa shape index (κ1) is 21.6. The van der Waals surface area contributed by atoms with Crippen LogP contribution in [0.5, 0.6) is 0 Å². The zero-order valence-corrected chi connectivity index (χ0v) is 17.3. The van der Waals surface area contributed by atoms with Crippen LogP contribution in [0.4, 0.5) is 11.4 Å². The number of nitrogens with one attached hydrogen (secondary N) is 2. The minimum absolute atomic E-state index is 0.170. The van der Waals surface area contributed by atoms with E-state index in [4.69, 9.17) is 16.9 Å². The lowest BCUT2D eigenvalue weighted by Crippen LogP contribution is -2.41. The molecule has 158 valence electrons. The fourth-order valence-electron chi connectivity index (χ4n) is 3.16. The molecule has 3 rings (SSSR count). The highest BCUT2D eigenvalue weighted by Crippen LogP contribution is 2.21. The summed E-state index contributed by atoms with van der Waals surface area (Å²) in [6.45, 7) is 2.17. The summed E-state index contributed by atoms with van der Waals surface area (Å²) in [5.74, 6) is -0.922. The highest BCUT2D eigenvalue weighted by atomic mass is 16.2. The molecule has 0 aliphatic rings. The molecular formula is C24H25N5O2. The number of hydrogen-bond acceptors (Lipinski definition) is 4. The van der Waals surface area contributed by atoms with E-state index in [1.165, 1.54) is 17.0 Å². The van der Waals surface area contributed by atoms with Crippen molar-refractivity contribution in [2.75, 3.05) is 17.2 Å². The summed E-state index contributed by atoms with van der Waals surface area (Å²) in [7, 11) is 0. The monoisotopic (exact) mass is 415 g/mol. The number of benzene rings is 3. The van der Waals surface area contributed by atoms with Crippen molar-refractivity contribution < 1.29 is 9.59 Å². The molecule has 0 heterocycles. The van der Waals surface area contributed by atoms with Crippen LogP contribution in [0, 0.1) is 12.3 Å². The minimum Gasteiger partial charge on any atom is -0.398 e. The van der Waals surface area contributed by atoms with E-state index in [9.17, 15) is 9.59 Å². The SMILES string of the molecule is Cc1cccc(CNC(=O)CN(C(=O)c2cc(C(=N)N)ccc2N)c2ccccc2)c1. The second kappa shape index (κ2) is 9.58. The van der Waals surface area contributed by atoms with Gasteiger partial charge in [-0.05, 0) is 42.8 Å². The van der Waals surface area contributed by atoms with Gasteiger partial charge in [-0.2, -0.15) is 0 Å². The van der Waals surface area contributed by atoms with E-state index in [1.807, 2.05) is 37.3 Å². The minimum atomic E-state index is -0.447. The van der Waals surface area contributed by atoms with Crippen molar-refractivity contribution in [3.63, 3.8) is 0 Å². The van der Waals surface area contributed by atoms with Gasteiger partial charge in [-0.3, -0.25) is 19.9 Å². The van der Waals surface area contributed by atoms with Gasteiger partial charge in [-0.15, -0.1) is 0 Å². The van der Waals surface area contributed by atoms with Crippen LogP contribution in [0.1, 0.15) is 27.0 Å². The summed E-state index contributed by atoms with van der Waals surface area (Å²) >= 11 is 0. The van der Waals surface area contributed by atoms with Gasteiger partial charge < -0.3 is 16.8 Å². The number of rotatable bonds is 7. The Morgan fingerprint density at radius 3 is 2.42 bits per heavy atom. The van der Waals surface area contributed by atoms with E-state index in [0.29, 0.717) is 17.8 Å². The molecule has 0 fully saturated rings. The number of aryl methyl sites for hydroxylation is 1. The van der Waals surface area contributed by atoms with Crippen LogP contribution in [0.2, 0.25) is 0 Å². The summed E-state index contributed by atoms with van der Waals surface area (Å²) in [4.78, 5) is 27.4. The Morgan fingerprint density at radius 2 is 1.74 bits per heavy atom. The van der Waals surface area contributed by atoms with Gasteiger partial charge in [0.2, 0.25) is 5.91 Å². The van der Waals surface area contributed by atoms with Gasteiger partial charge in [0.1, 0.15) is 12.4 Å². The molecule has 0 aromatic heterocycles. The van der Waals surface area contributed by atoms with Crippen molar-refractivity contribution in [2.45, 2.75) is 13.5 Å². The molecule has 2 amide bonds. The Kier molecular flexibility index (Phi) is 6.67. The number of nitrogen functional groups attached to an aromatic ring is 2. The molecule has 0 aliphatic carbocycles. The zero-order chi connectivity index (χ0) is 22.4. The van der Waals surface area contributed by atoms with E-state index in [1.54, 1.807) is 30.3 Å². The normalized spacial score (nSPS) is 10.4. The van der Waals surface area contributed by atoms with E-state index in [-0.39, 0.29) is 29.5 Å². The fourth-order valence-corrected chi connectivity index (χ4v) is 3.16. The van der Waals surface area contributed by atoms with Crippen LogP contribution >= 0.6 is 0 Å². The summed E-state index contributed by atoms with van der Waals surface area (Å²) in [6.07, 6.45) is 0. The van der Waals surface area contributed by atoms with Gasteiger partial charge >= 0.3 is 0 Å². The highest BCUT2D eigenvalue weighted by molar-refractivity contribution is 6.12. The molecule has 0 unspecified atom stereocenters. The van der Waals surface area contributed by atoms with Crippen LogP contribution in [0.15, 0.2) is 72.8 Å². The van der Waals surface area contributed by atoms with Crippen LogP contribution in [0.25, 0.3) is 0 Å². The van der Waals surface area contributed by atoms with E-state index < -0.39 is 5.91 Å². The maximum Gasteiger partial charge on any atom is 0.260 e. The Labute approximate surface area is 181 Å². The van der Waals surface area contributed by atoms with Gasteiger partial charge in [0.25, 0.3) is 5.91 Å². The second-order valence-electron chi connectivity index (χ2n) is 7.21. The average Bonchev–Trinajstić information content (AvgIpc) is 2.76. The van der Waals surface area contributed by atoms with E-state index in [0.717, 1.165) is 11.1 Å². The number of carbonyl (C=O) groups excluding carboxylic acids is 2. The van der Waals surface area contributed by atoms with Gasteiger partial charge in [0, 0.05) is 23.5 Å². The quantitative estimate of drug-likeness (QED) is 0.269. The molecule has 3 aromatic rings.